The predicted molar refractivity (Wildman–Crippen MR) is 106 cm³/mol. The molecule has 6 heteroatoms. The van der Waals surface area contributed by atoms with Gasteiger partial charge in [0.1, 0.15) is 4.90 Å². The zero-order chi connectivity index (χ0) is 18.1. The molecule has 0 radical (unpaired) electrons. The van der Waals surface area contributed by atoms with E-state index in [0.29, 0.717) is 11.5 Å². The predicted octanol–water partition coefficient (Wildman–Crippen LogP) is 4.71. The van der Waals surface area contributed by atoms with Crippen LogP contribution in [0.2, 0.25) is 0 Å². The van der Waals surface area contributed by atoms with Gasteiger partial charge >= 0.3 is 0 Å². The minimum atomic E-state index is -3.68. The van der Waals surface area contributed by atoms with Crippen LogP contribution in [0, 0.1) is 6.92 Å². The molecule has 3 aromatic carbocycles. The van der Waals surface area contributed by atoms with Gasteiger partial charge in [0.25, 0.3) is 10.0 Å². The van der Waals surface area contributed by atoms with Crippen molar-refractivity contribution in [2.75, 3.05) is 5.32 Å². The van der Waals surface area contributed by atoms with E-state index in [0.717, 1.165) is 15.4 Å². The van der Waals surface area contributed by atoms with Crippen molar-refractivity contribution in [3.8, 4) is 0 Å². The van der Waals surface area contributed by atoms with Crippen LogP contribution in [0.5, 0.6) is 0 Å². The number of aryl methyl sites for hydroxylation is 1. The van der Waals surface area contributed by atoms with E-state index in [1.54, 1.807) is 36.0 Å². The van der Waals surface area contributed by atoms with E-state index in [-0.39, 0.29) is 4.90 Å². The summed E-state index contributed by atoms with van der Waals surface area (Å²) in [6.45, 7) is 2.06. The first-order valence-electron chi connectivity index (χ1n) is 8.07. The zero-order valence-corrected chi connectivity index (χ0v) is 15.6. The molecule has 1 heterocycles. The Bertz CT molecular complexity index is 1090. The normalized spacial score (nSPS) is 14.9. The molecule has 130 valence electrons. The minimum absolute atomic E-state index is 0.204. The highest BCUT2D eigenvalue weighted by Gasteiger charge is 2.24. The Labute approximate surface area is 157 Å². The molecule has 0 atom stereocenters. The molecule has 0 spiro atoms. The SMILES string of the molecule is Cc1ccc(Sc2ccc(C3=NS(=O)(=O)c4ccccc4N3)cc2)cc1. The standard InChI is InChI=1S/C20H16N2O2S2/c1-14-6-10-16(11-7-14)25-17-12-8-15(9-13-17)20-21-18-4-2-3-5-19(18)26(23,24)22-20/h2-13H,1H3,(H,21,22). The molecule has 3 aromatic rings. The number of amidine groups is 1. The van der Waals surface area contributed by atoms with Crippen molar-refractivity contribution in [1.29, 1.82) is 0 Å². The lowest BCUT2D eigenvalue weighted by Crippen LogP contribution is -2.22. The first-order valence-corrected chi connectivity index (χ1v) is 10.3. The molecule has 0 unspecified atom stereocenters. The number of benzene rings is 3. The van der Waals surface area contributed by atoms with Crippen molar-refractivity contribution < 1.29 is 8.42 Å². The van der Waals surface area contributed by atoms with Crippen LogP contribution in [0.15, 0.2) is 91.9 Å². The second-order valence-electron chi connectivity index (χ2n) is 5.98. The average Bonchev–Trinajstić information content (AvgIpc) is 2.64. The number of nitrogens with zero attached hydrogens (tertiary/aromatic N) is 1. The summed E-state index contributed by atoms with van der Waals surface area (Å²) in [7, 11) is -3.68. The van der Waals surface area contributed by atoms with Gasteiger partial charge in [-0.15, -0.1) is 4.40 Å². The summed E-state index contributed by atoms with van der Waals surface area (Å²) in [5.74, 6) is 0.343. The Morgan fingerprint density at radius 1 is 0.846 bits per heavy atom. The third kappa shape index (κ3) is 3.38. The van der Waals surface area contributed by atoms with Crippen molar-refractivity contribution in [3.05, 3.63) is 83.9 Å². The number of sulfonamides is 1. The summed E-state index contributed by atoms with van der Waals surface area (Å²) in [6.07, 6.45) is 0. The van der Waals surface area contributed by atoms with Crippen molar-refractivity contribution in [3.63, 3.8) is 0 Å². The summed E-state index contributed by atoms with van der Waals surface area (Å²) in [6, 6.07) is 22.8. The smallest absolute Gasteiger partial charge is 0.286 e. The summed E-state index contributed by atoms with van der Waals surface area (Å²) >= 11 is 1.66. The lowest BCUT2D eigenvalue weighted by atomic mass is 10.2. The molecule has 26 heavy (non-hydrogen) atoms. The molecule has 0 amide bonds. The molecule has 0 saturated carbocycles. The Morgan fingerprint density at radius 2 is 1.46 bits per heavy atom. The summed E-state index contributed by atoms with van der Waals surface area (Å²) in [4.78, 5) is 2.44. The van der Waals surface area contributed by atoms with E-state index in [1.165, 1.54) is 5.56 Å². The van der Waals surface area contributed by atoms with Gasteiger partial charge in [0.15, 0.2) is 5.84 Å². The highest BCUT2D eigenvalue weighted by atomic mass is 32.2. The van der Waals surface area contributed by atoms with Gasteiger partial charge < -0.3 is 5.32 Å². The van der Waals surface area contributed by atoms with Crippen molar-refractivity contribution in [1.82, 2.24) is 0 Å². The van der Waals surface area contributed by atoms with Crippen molar-refractivity contribution in [2.24, 2.45) is 4.40 Å². The van der Waals surface area contributed by atoms with E-state index in [4.69, 9.17) is 0 Å². The Hall–Kier alpha value is -2.57. The molecule has 1 aliphatic heterocycles. The van der Waals surface area contributed by atoms with Crippen molar-refractivity contribution >= 4 is 33.3 Å². The lowest BCUT2D eigenvalue weighted by Gasteiger charge is -2.18. The molecule has 4 rings (SSSR count). The zero-order valence-electron chi connectivity index (χ0n) is 14.0. The molecule has 1 N–H and O–H groups in total. The van der Waals surface area contributed by atoms with Gasteiger partial charge in [-0.05, 0) is 43.3 Å². The second kappa shape index (κ2) is 6.63. The number of hydrogen-bond donors (Lipinski definition) is 1. The van der Waals surface area contributed by atoms with Gasteiger partial charge in [-0.2, -0.15) is 8.42 Å². The molecular formula is C20H16N2O2S2. The molecular weight excluding hydrogens is 364 g/mol. The number of nitrogens with one attached hydrogen (secondary N) is 1. The molecule has 4 nitrogen and oxygen atoms in total. The highest BCUT2D eigenvalue weighted by Crippen LogP contribution is 2.30. The molecule has 0 fully saturated rings. The van der Waals surface area contributed by atoms with E-state index in [2.05, 4.69) is 40.9 Å². The quantitative estimate of drug-likeness (QED) is 0.715. The third-order valence-corrected chi connectivity index (χ3v) is 6.36. The van der Waals surface area contributed by atoms with Crippen LogP contribution in [0.1, 0.15) is 11.1 Å². The van der Waals surface area contributed by atoms with E-state index in [9.17, 15) is 8.42 Å². The van der Waals surface area contributed by atoms with Gasteiger partial charge in [-0.1, -0.05) is 53.7 Å². The van der Waals surface area contributed by atoms with Crippen LogP contribution in [0.3, 0.4) is 0 Å². The van der Waals surface area contributed by atoms with Gasteiger partial charge in [-0.3, -0.25) is 0 Å². The number of hydrogen-bond acceptors (Lipinski definition) is 4. The van der Waals surface area contributed by atoms with E-state index >= 15 is 0 Å². The molecule has 0 saturated heterocycles. The van der Waals surface area contributed by atoms with Crippen molar-refractivity contribution in [2.45, 2.75) is 21.6 Å². The summed E-state index contributed by atoms with van der Waals surface area (Å²) in [5.41, 5.74) is 2.51. The van der Waals surface area contributed by atoms with Gasteiger partial charge in [0.2, 0.25) is 0 Å². The Morgan fingerprint density at radius 3 is 2.15 bits per heavy atom. The van der Waals surface area contributed by atoms with Gasteiger partial charge in [0.05, 0.1) is 5.69 Å². The third-order valence-electron chi connectivity index (χ3n) is 4.01. The number of fused-ring (bicyclic) bond motifs is 1. The fraction of sp³-hybridized carbons (Fsp3) is 0.0500. The fourth-order valence-electron chi connectivity index (χ4n) is 2.66. The Balaban J connectivity index is 1.60. The lowest BCUT2D eigenvalue weighted by molar-refractivity contribution is 0.598. The first-order chi connectivity index (χ1) is 12.5. The highest BCUT2D eigenvalue weighted by molar-refractivity contribution is 7.99. The first kappa shape index (κ1) is 16.9. The van der Waals surface area contributed by atoms with E-state index in [1.807, 2.05) is 24.3 Å². The number of rotatable bonds is 3. The van der Waals surface area contributed by atoms with Crippen LogP contribution in [0.4, 0.5) is 5.69 Å². The summed E-state index contributed by atoms with van der Waals surface area (Å²) < 4.78 is 28.6. The molecule has 1 aliphatic rings. The van der Waals surface area contributed by atoms with E-state index < -0.39 is 10.0 Å². The van der Waals surface area contributed by atoms with Crippen LogP contribution in [-0.2, 0) is 10.0 Å². The van der Waals surface area contributed by atoms with Gasteiger partial charge in [0, 0.05) is 15.4 Å². The van der Waals surface area contributed by atoms with Gasteiger partial charge in [-0.25, -0.2) is 0 Å². The van der Waals surface area contributed by atoms with Crippen LogP contribution in [0.25, 0.3) is 0 Å². The molecule has 0 bridgehead atoms. The maximum absolute atomic E-state index is 12.4. The fourth-order valence-corrected chi connectivity index (χ4v) is 4.62. The summed E-state index contributed by atoms with van der Waals surface area (Å²) in [5, 5.41) is 3.11. The monoisotopic (exact) mass is 380 g/mol. The maximum Gasteiger partial charge on any atom is 0.286 e. The maximum atomic E-state index is 12.4. The van der Waals surface area contributed by atoms with Crippen LogP contribution in [-0.4, -0.2) is 14.3 Å². The molecule has 0 aromatic heterocycles. The van der Waals surface area contributed by atoms with Crippen LogP contribution < -0.4 is 5.32 Å². The van der Waals surface area contributed by atoms with Crippen LogP contribution >= 0.6 is 11.8 Å². The second-order valence-corrected chi connectivity index (χ2v) is 8.70. The average molecular weight is 380 g/mol. The largest absolute Gasteiger partial charge is 0.338 e. The minimum Gasteiger partial charge on any atom is -0.338 e. The number of anilines is 1. The molecule has 0 aliphatic carbocycles. The Kier molecular flexibility index (Phi) is 4.30. The number of para-hydroxylation sites is 1. The topological polar surface area (TPSA) is 58.5 Å².